The maximum Gasteiger partial charge on any atom is 0.460 e. The van der Waals surface area contributed by atoms with Crippen LogP contribution in [0, 0.1) is 0 Å². The zero-order valence-electron chi connectivity index (χ0n) is 14.2. The highest BCUT2D eigenvalue weighted by molar-refractivity contribution is 9.10. The van der Waals surface area contributed by atoms with Gasteiger partial charge in [0.15, 0.2) is 9.84 Å². The lowest BCUT2D eigenvalue weighted by atomic mass is 9.93. The van der Waals surface area contributed by atoms with Gasteiger partial charge in [0.2, 0.25) is 0 Å². The highest BCUT2D eigenvalue weighted by Crippen LogP contribution is 2.60. The molecule has 0 aliphatic carbocycles. The van der Waals surface area contributed by atoms with Gasteiger partial charge in [-0.3, -0.25) is 0 Å². The average Bonchev–Trinajstić information content (AvgIpc) is 2.59. The first kappa shape index (κ1) is 27.8. The predicted molar refractivity (Wildman–Crippen MR) is 81.6 cm³/mol. The molecule has 0 atom stereocenters. The van der Waals surface area contributed by atoms with Crippen LogP contribution in [0.1, 0.15) is 6.42 Å². The van der Waals surface area contributed by atoms with E-state index in [1.165, 1.54) is 0 Å². The van der Waals surface area contributed by atoms with Crippen LogP contribution in [-0.4, -0.2) is 50.0 Å². The van der Waals surface area contributed by atoms with E-state index in [9.17, 15) is 65.5 Å². The minimum atomic E-state index is -8.02. The summed E-state index contributed by atoms with van der Waals surface area (Å²) in [5, 5.41) is 0. The van der Waals surface area contributed by atoms with E-state index in [2.05, 4.69) is 15.9 Å². The van der Waals surface area contributed by atoms with Crippen molar-refractivity contribution in [2.45, 2.75) is 47.1 Å². The first-order chi connectivity index (χ1) is 13.5. The van der Waals surface area contributed by atoms with Gasteiger partial charge in [-0.15, -0.1) is 0 Å². The minimum absolute atomic E-state index is 0.274. The molecule has 2 nitrogen and oxygen atoms in total. The SMILES string of the molecule is O=S(=O)(CCC(F)(F)C(F)(F)C(F)(F)C(F)(F)C(F)(F)C(F)(F)F)c1ccc(Br)cc1. The number of benzene rings is 1. The Balaban J connectivity index is 3.29. The van der Waals surface area contributed by atoms with Gasteiger partial charge >= 0.3 is 35.8 Å². The first-order valence-corrected chi connectivity index (χ1v) is 9.84. The lowest BCUT2D eigenvalue weighted by Gasteiger charge is -2.39. The number of hydrogen-bond donors (Lipinski definition) is 0. The molecule has 0 bridgehead atoms. The van der Waals surface area contributed by atoms with Crippen molar-refractivity contribution in [3.63, 3.8) is 0 Å². The molecule has 0 aliphatic rings. The summed E-state index contributed by atoms with van der Waals surface area (Å²) >= 11 is 2.87. The minimum Gasteiger partial charge on any atom is -0.224 e. The molecule has 0 saturated heterocycles. The smallest absolute Gasteiger partial charge is 0.224 e. The molecule has 1 aromatic carbocycles. The van der Waals surface area contributed by atoms with Crippen LogP contribution in [0.15, 0.2) is 33.6 Å². The third-order valence-corrected chi connectivity index (χ3v) is 6.12. The second-order valence-corrected chi connectivity index (χ2v) is 9.05. The molecule has 180 valence electrons. The van der Waals surface area contributed by atoms with Crippen LogP contribution >= 0.6 is 15.9 Å². The van der Waals surface area contributed by atoms with Gasteiger partial charge in [-0.2, -0.15) is 57.1 Å². The molecule has 0 fully saturated rings. The first-order valence-electron chi connectivity index (χ1n) is 7.40. The Morgan fingerprint density at radius 2 is 1.03 bits per heavy atom. The van der Waals surface area contributed by atoms with Crippen molar-refractivity contribution in [3.8, 4) is 0 Å². The van der Waals surface area contributed by atoms with E-state index in [1.54, 1.807) is 0 Å². The van der Waals surface area contributed by atoms with Crippen molar-refractivity contribution in [2.75, 3.05) is 5.75 Å². The van der Waals surface area contributed by atoms with Gasteiger partial charge in [0, 0.05) is 10.9 Å². The summed E-state index contributed by atoms with van der Waals surface area (Å²) in [6.07, 6.45) is -10.3. The fourth-order valence-corrected chi connectivity index (χ4v) is 3.56. The van der Waals surface area contributed by atoms with Gasteiger partial charge in [-0.05, 0) is 24.3 Å². The Bertz CT molecular complexity index is 892. The number of rotatable bonds is 8. The second kappa shape index (κ2) is 7.95. The van der Waals surface area contributed by atoms with Crippen LogP contribution < -0.4 is 0 Å². The van der Waals surface area contributed by atoms with E-state index in [-0.39, 0.29) is 4.47 Å². The standard InChI is InChI=1S/C14H8BrF13O2S/c15-7-1-3-8(4-2-7)31(29,30)6-5-9(16,17)10(18,19)11(20,21)12(22,23)13(24,25)14(26,27)28/h1-4H,5-6H2. The van der Waals surface area contributed by atoms with Gasteiger partial charge in [-0.25, -0.2) is 8.42 Å². The monoisotopic (exact) mass is 566 g/mol. The second-order valence-electron chi connectivity index (χ2n) is 6.02. The van der Waals surface area contributed by atoms with Crippen molar-refractivity contribution < 1.29 is 65.5 Å². The van der Waals surface area contributed by atoms with Gasteiger partial charge in [0.05, 0.1) is 10.6 Å². The summed E-state index contributed by atoms with van der Waals surface area (Å²) in [6, 6.07) is 3.63. The molecule has 17 heteroatoms. The van der Waals surface area contributed by atoms with Crippen molar-refractivity contribution in [1.82, 2.24) is 0 Å². The third-order valence-electron chi connectivity index (χ3n) is 3.86. The topological polar surface area (TPSA) is 34.1 Å². The van der Waals surface area contributed by atoms with Crippen LogP contribution in [0.25, 0.3) is 0 Å². The van der Waals surface area contributed by atoms with Crippen LogP contribution in [0.5, 0.6) is 0 Å². The highest BCUT2D eigenvalue weighted by Gasteiger charge is 2.90. The number of sulfone groups is 1. The van der Waals surface area contributed by atoms with Crippen molar-refractivity contribution >= 4 is 25.8 Å². The largest absolute Gasteiger partial charge is 0.460 e. The summed E-state index contributed by atoms with van der Waals surface area (Å²) in [6.45, 7) is 0. The molecule has 31 heavy (non-hydrogen) atoms. The van der Waals surface area contributed by atoms with Crippen molar-refractivity contribution in [3.05, 3.63) is 28.7 Å². The number of halogens is 14. The van der Waals surface area contributed by atoms with E-state index in [0.29, 0.717) is 0 Å². The van der Waals surface area contributed by atoms with E-state index in [1.807, 2.05) is 0 Å². The predicted octanol–water partition coefficient (Wildman–Crippen LogP) is 6.35. The Kier molecular flexibility index (Phi) is 7.12. The Labute approximate surface area is 173 Å². The maximum atomic E-state index is 13.7. The lowest BCUT2D eigenvalue weighted by molar-refractivity contribution is -0.439. The zero-order valence-corrected chi connectivity index (χ0v) is 16.6. The lowest BCUT2D eigenvalue weighted by Crippen LogP contribution is -2.70. The fourth-order valence-electron chi connectivity index (χ4n) is 1.98. The summed E-state index contributed by atoms with van der Waals surface area (Å²) in [7, 11) is -4.90. The zero-order chi connectivity index (χ0) is 24.9. The maximum absolute atomic E-state index is 13.7. The highest BCUT2D eigenvalue weighted by atomic mass is 79.9. The molecule has 0 aliphatic heterocycles. The molecule has 0 radical (unpaired) electrons. The number of hydrogen-bond acceptors (Lipinski definition) is 2. The van der Waals surface area contributed by atoms with Crippen molar-refractivity contribution in [1.29, 1.82) is 0 Å². The normalized spacial score (nSPS) is 15.3. The van der Waals surface area contributed by atoms with Crippen LogP contribution in [0.4, 0.5) is 57.1 Å². The number of alkyl halides is 13. The van der Waals surface area contributed by atoms with Gasteiger partial charge in [0.25, 0.3) is 0 Å². The van der Waals surface area contributed by atoms with Gasteiger partial charge in [0.1, 0.15) is 0 Å². The molecule has 1 aromatic rings. The van der Waals surface area contributed by atoms with Crippen LogP contribution in [0.3, 0.4) is 0 Å². The van der Waals surface area contributed by atoms with E-state index >= 15 is 0 Å². The molecule has 0 saturated carbocycles. The summed E-state index contributed by atoms with van der Waals surface area (Å²) in [5.74, 6) is -39.8. The Hall–Kier alpha value is -1.26. The van der Waals surface area contributed by atoms with Crippen LogP contribution in [-0.2, 0) is 9.84 Å². The van der Waals surface area contributed by atoms with Gasteiger partial charge in [-0.1, -0.05) is 15.9 Å². The summed E-state index contributed by atoms with van der Waals surface area (Å²) < 4.78 is 193. The molecule has 0 spiro atoms. The average molecular weight is 567 g/mol. The molecule has 0 unspecified atom stereocenters. The molecule has 1 rings (SSSR count). The molecule has 0 N–H and O–H groups in total. The quantitative estimate of drug-likeness (QED) is 0.344. The molecular formula is C14H8BrF13O2S. The van der Waals surface area contributed by atoms with E-state index in [0.717, 1.165) is 24.3 Å². The van der Waals surface area contributed by atoms with Gasteiger partial charge < -0.3 is 0 Å². The summed E-state index contributed by atoms with van der Waals surface area (Å²) in [5.41, 5.74) is 0. The van der Waals surface area contributed by atoms with E-state index < -0.39 is 62.7 Å². The van der Waals surface area contributed by atoms with Crippen LogP contribution in [0.2, 0.25) is 0 Å². The van der Waals surface area contributed by atoms with E-state index in [4.69, 9.17) is 0 Å². The molecule has 0 heterocycles. The molecule has 0 aromatic heterocycles. The summed E-state index contributed by atoms with van der Waals surface area (Å²) in [4.78, 5) is -0.782. The Morgan fingerprint density at radius 1 is 0.645 bits per heavy atom. The molecular weight excluding hydrogens is 559 g/mol. The van der Waals surface area contributed by atoms with Crippen molar-refractivity contribution in [2.24, 2.45) is 0 Å². The fraction of sp³-hybridized carbons (Fsp3) is 0.571. The Morgan fingerprint density at radius 3 is 1.42 bits per heavy atom. The third kappa shape index (κ3) is 4.61. The molecule has 0 amide bonds.